The van der Waals surface area contributed by atoms with Crippen molar-refractivity contribution in [2.45, 2.75) is 33.3 Å². The molecule has 0 bridgehead atoms. The van der Waals surface area contributed by atoms with Gasteiger partial charge in [-0.1, -0.05) is 32.0 Å². The van der Waals surface area contributed by atoms with Crippen LogP contribution in [0.5, 0.6) is 5.75 Å². The van der Waals surface area contributed by atoms with Crippen LogP contribution in [0.3, 0.4) is 0 Å². The molecule has 116 valence electrons. The van der Waals surface area contributed by atoms with Gasteiger partial charge in [0.2, 0.25) is 0 Å². The Balaban J connectivity index is 2.73. The largest absolute Gasteiger partial charge is 0.481 e. The zero-order valence-corrected chi connectivity index (χ0v) is 12.8. The van der Waals surface area contributed by atoms with Gasteiger partial charge in [0.05, 0.1) is 5.92 Å². The molecule has 2 atom stereocenters. The second-order valence-electron chi connectivity index (χ2n) is 4.94. The summed E-state index contributed by atoms with van der Waals surface area (Å²) in [6, 6.07) is 9.16. The molecular formula is C16H23NO4. The van der Waals surface area contributed by atoms with Crippen molar-refractivity contribution < 1.29 is 19.4 Å². The summed E-state index contributed by atoms with van der Waals surface area (Å²) >= 11 is 0. The van der Waals surface area contributed by atoms with E-state index in [0.29, 0.717) is 18.7 Å². The topological polar surface area (TPSA) is 66.8 Å². The molecule has 0 aliphatic rings. The molecule has 1 rings (SSSR count). The van der Waals surface area contributed by atoms with Crippen molar-refractivity contribution in [3.8, 4) is 5.75 Å². The van der Waals surface area contributed by atoms with Crippen molar-refractivity contribution in [2.24, 2.45) is 5.92 Å². The van der Waals surface area contributed by atoms with E-state index >= 15 is 0 Å². The van der Waals surface area contributed by atoms with Gasteiger partial charge >= 0.3 is 5.97 Å². The van der Waals surface area contributed by atoms with E-state index in [-0.39, 0.29) is 12.5 Å². The maximum Gasteiger partial charge on any atom is 0.308 e. The maximum atomic E-state index is 12.5. The van der Waals surface area contributed by atoms with Gasteiger partial charge in [0, 0.05) is 13.1 Å². The highest BCUT2D eigenvalue weighted by atomic mass is 16.5. The predicted molar refractivity (Wildman–Crippen MR) is 80.2 cm³/mol. The number of likely N-dealkylation sites (N-methyl/N-ethyl adjacent to an activating group) is 1. The quantitative estimate of drug-likeness (QED) is 0.799. The Labute approximate surface area is 125 Å². The number of aliphatic carboxylic acids is 1. The molecule has 0 radical (unpaired) electrons. The number of carbonyl (C=O) groups is 2. The molecule has 1 N–H and O–H groups in total. The first-order chi connectivity index (χ1) is 9.99. The molecule has 2 unspecified atom stereocenters. The predicted octanol–water partition coefficient (Wildman–Crippen LogP) is 2.41. The first-order valence-corrected chi connectivity index (χ1v) is 7.22. The minimum atomic E-state index is -0.904. The van der Waals surface area contributed by atoms with Gasteiger partial charge in [-0.25, -0.2) is 0 Å². The Kier molecular flexibility index (Phi) is 6.72. The summed E-state index contributed by atoms with van der Waals surface area (Å²) in [5.74, 6) is -1.03. The third kappa shape index (κ3) is 5.10. The van der Waals surface area contributed by atoms with E-state index in [0.717, 1.165) is 0 Å². The van der Waals surface area contributed by atoms with Crippen molar-refractivity contribution in [3.63, 3.8) is 0 Å². The van der Waals surface area contributed by atoms with Crippen molar-refractivity contribution in [1.82, 2.24) is 4.90 Å². The lowest BCUT2D eigenvalue weighted by molar-refractivity contribution is -0.145. The summed E-state index contributed by atoms with van der Waals surface area (Å²) in [5, 5.41) is 8.97. The lowest BCUT2D eigenvalue weighted by Gasteiger charge is -2.27. The maximum absolute atomic E-state index is 12.5. The first kappa shape index (κ1) is 17.0. The monoisotopic (exact) mass is 293 g/mol. The minimum Gasteiger partial charge on any atom is -0.481 e. The van der Waals surface area contributed by atoms with E-state index < -0.39 is 18.0 Å². The highest BCUT2D eigenvalue weighted by Gasteiger charge is 2.26. The normalized spacial score (nSPS) is 13.3. The zero-order valence-electron chi connectivity index (χ0n) is 12.8. The number of hydrogen-bond donors (Lipinski definition) is 1. The number of carboxylic acids is 1. The molecule has 5 nitrogen and oxygen atoms in total. The van der Waals surface area contributed by atoms with Gasteiger partial charge in [-0.3, -0.25) is 9.59 Å². The van der Waals surface area contributed by atoms with E-state index in [1.54, 1.807) is 19.1 Å². The number of ether oxygens (including phenoxy) is 1. The number of hydrogen-bond acceptors (Lipinski definition) is 3. The molecule has 0 aromatic heterocycles. The number of nitrogens with zero attached hydrogens (tertiary/aromatic N) is 1. The number of amides is 1. The average Bonchev–Trinajstić information content (AvgIpc) is 2.50. The van der Waals surface area contributed by atoms with Gasteiger partial charge in [0.1, 0.15) is 5.75 Å². The van der Waals surface area contributed by atoms with Gasteiger partial charge < -0.3 is 14.7 Å². The zero-order chi connectivity index (χ0) is 15.8. The molecule has 1 aromatic carbocycles. The van der Waals surface area contributed by atoms with E-state index in [9.17, 15) is 9.59 Å². The number of carbonyl (C=O) groups excluding carboxylic acids is 1. The SMILES string of the molecule is CCC(Oc1ccccc1)C(=O)N(CC)CC(C)C(=O)O. The lowest BCUT2D eigenvalue weighted by Crippen LogP contribution is -2.44. The van der Waals surface area contributed by atoms with Gasteiger partial charge in [-0.2, -0.15) is 0 Å². The molecule has 5 heteroatoms. The van der Waals surface area contributed by atoms with E-state index in [1.807, 2.05) is 32.0 Å². The van der Waals surface area contributed by atoms with Crippen molar-refractivity contribution in [1.29, 1.82) is 0 Å². The first-order valence-electron chi connectivity index (χ1n) is 7.22. The Hall–Kier alpha value is -2.04. The van der Waals surface area contributed by atoms with E-state index in [1.165, 1.54) is 4.90 Å². The minimum absolute atomic E-state index is 0.169. The number of carboxylic acid groups (broad SMARTS) is 1. The van der Waals surface area contributed by atoms with Crippen LogP contribution in [-0.4, -0.2) is 41.1 Å². The Bertz CT molecular complexity index is 461. The summed E-state index contributed by atoms with van der Waals surface area (Å²) in [5.41, 5.74) is 0. The lowest BCUT2D eigenvalue weighted by atomic mass is 10.1. The molecule has 0 fully saturated rings. The van der Waals surface area contributed by atoms with Crippen LogP contribution in [0.1, 0.15) is 27.2 Å². The highest BCUT2D eigenvalue weighted by Crippen LogP contribution is 2.15. The molecule has 0 aliphatic carbocycles. The van der Waals surface area contributed by atoms with Crippen LogP contribution in [0.4, 0.5) is 0 Å². The summed E-state index contributed by atoms with van der Waals surface area (Å²) in [6.45, 7) is 5.96. The third-order valence-electron chi connectivity index (χ3n) is 3.28. The van der Waals surface area contributed by atoms with Crippen LogP contribution < -0.4 is 4.74 Å². The highest BCUT2D eigenvalue weighted by molar-refractivity contribution is 5.82. The molecular weight excluding hydrogens is 270 g/mol. The summed E-state index contributed by atoms with van der Waals surface area (Å²) in [6.07, 6.45) is -0.0561. The van der Waals surface area contributed by atoms with Crippen molar-refractivity contribution in [2.75, 3.05) is 13.1 Å². The second-order valence-corrected chi connectivity index (χ2v) is 4.94. The summed E-state index contributed by atoms with van der Waals surface area (Å²) in [7, 11) is 0. The Morgan fingerprint density at radius 1 is 1.24 bits per heavy atom. The number of para-hydroxylation sites is 1. The summed E-state index contributed by atoms with van der Waals surface area (Å²) in [4.78, 5) is 24.9. The van der Waals surface area contributed by atoms with Gasteiger partial charge in [0.15, 0.2) is 6.10 Å². The number of rotatable bonds is 8. The van der Waals surface area contributed by atoms with Crippen LogP contribution >= 0.6 is 0 Å². The fraction of sp³-hybridized carbons (Fsp3) is 0.500. The van der Waals surface area contributed by atoms with E-state index in [2.05, 4.69) is 0 Å². The molecule has 0 saturated carbocycles. The molecule has 1 amide bonds. The van der Waals surface area contributed by atoms with Crippen molar-refractivity contribution in [3.05, 3.63) is 30.3 Å². The van der Waals surface area contributed by atoms with E-state index in [4.69, 9.17) is 9.84 Å². The van der Waals surface area contributed by atoms with Gasteiger partial charge in [-0.05, 0) is 25.5 Å². The van der Waals surface area contributed by atoms with Crippen LogP contribution in [-0.2, 0) is 9.59 Å². The van der Waals surface area contributed by atoms with Crippen LogP contribution in [0.25, 0.3) is 0 Å². The average molecular weight is 293 g/mol. The van der Waals surface area contributed by atoms with Crippen LogP contribution in [0.2, 0.25) is 0 Å². The standard InChI is InChI=1S/C16H23NO4/c1-4-14(21-13-9-7-6-8-10-13)15(18)17(5-2)11-12(3)16(19)20/h6-10,12,14H,4-5,11H2,1-3H3,(H,19,20). The molecule has 0 heterocycles. The molecule has 1 aromatic rings. The Morgan fingerprint density at radius 2 is 1.86 bits per heavy atom. The molecule has 0 spiro atoms. The number of benzene rings is 1. The fourth-order valence-electron chi connectivity index (χ4n) is 1.96. The Morgan fingerprint density at radius 3 is 2.33 bits per heavy atom. The third-order valence-corrected chi connectivity index (χ3v) is 3.28. The van der Waals surface area contributed by atoms with Crippen LogP contribution in [0, 0.1) is 5.92 Å². The van der Waals surface area contributed by atoms with Crippen molar-refractivity contribution >= 4 is 11.9 Å². The van der Waals surface area contributed by atoms with Crippen LogP contribution in [0.15, 0.2) is 30.3 Å². The molecule has 0 aliphatic heterocycles. The fourth-order valence-corrected chi connectivity index (χ4v) is 1.96. The molecule has 0 saturated heterocycles. The molecule has 21 heavy (non-hydrogen) atoms. The van der Waals surface area contributed by atoms with Gasteiger partial charge in [0.25, 0.3) is 5.91 Å². The summed E-state index contributed by atoms with van der Waals surface area (Å²) < 4.78 is 5.71. The second kappa shape index (κ2) is 8.29. The van der Waals surface area contributed by atoms with Gasteiger partial charge in [-0.15, -0.1) is 0 Å². The smallest absolute Gasteiger partial charge is 0.308 e.